The van der Waals surface area contributed by atoms with Crippen molar-refractivity contribution in [3.8, 4) is 0 Å². The first-order valence-corrected chi connectivity index (χ1v) is 7.99. The Morgan fingerprint density at radius 3 is 2.19 bits per heavy atom. The minimum absolute atomic E-state index is 0.0236. The maximum Gasteiger partial charge on any atom is 0.129 e. The highest BCUT2D eigenvalue weighted by atomic mass is 19.1. The van der Waals surface area contributed by atoms with Crippen LogP contribution in [0.15, 0.2) is 18.2 Å². The smallest absolute Gasteiger partial charge is 0.129 e. The lowest BCUT2D eigenvalue weighted by Crippen LogP contribution is -2.54. The van der Waals surface area contributed by atoms with Crippen molar-refractivity contribution in [2.24, 2.45) is 0 Å². The van der Waals surface area contributed by atoms with Gasteiger partial charge in [0, 0.05) is 17.5 Å². The first kappa shape index (κ1) is 14.9. The summed E-state index contributed by atoms with van der Waals surface area (Å²) in [6.45, 7) is 1.99. The Labute approximate surface area is 124 Å². The second-order valence-corrected chi connectivity index (χ2v) is 6.42. The molecule has 0 spiro atoms. The van der Waals surface area contributed by atoms with Gasteiger partial charge in [-0.25, -0.2) is 8.78 Å². The summed E-state index contributed by atoms with van der Waals surface area (Å²) in [5.41, 5.74) is -0.249. The third kappa shape index (κ3) is 2.71. The molecule has 4 heteroatoms. The van der Waals surface area contributed by atoms with Crippen molar-refractivity contribution in [1.82, 2.24) is 4.90 Å². The lowest BCUT2D eigenvalue weighted by atomic mass is 9.84. The molecule has 3 rings (SSSR count). The summed E-state index contributed by atoms with van der Waals surface area (Å²) in [6, 6.07) is 3.90. The van der Waals surface area contributed by atoms with Gasteiger partial charge in [-0.1, -0.05) is 18.9 Å². The molecule has 1 heterocycles. The van der Waals surface area contributed by atoms with Crippen molar-refractivity contribution in [1.29, 1.82) is 0 Å². The van der Waals surface area contributed by atoms with Crippen LogP contribution in [0, 0.1) is 11.6 Å². The van der Waals surface area contributed by atoms with Gasteiger partial charge in [-0.2, -0.15) is 0 Å². The van der Waals surface area contributed by atoms with E-state index in [4.69, 9.17) is 0 Å². The molecule has 1 aromatic carbocycles. The number of rotatable bonds is 4. The van der Waals surface area contributed by atoms with Crippen molar-refractivity contribution in [3.05, 3.63) is 35.4 Å². The van der Waals surface area contributed by atoms with Crippen LogP contribution in [0.4, 0.5) is 8.78 Å². The molecule has 1 atom stereocenters. The van der Waals surface area contributed by atoms with Crippen molar-refractivity contribution in [2.75, 3.05) is 13.1 Å². The number of nitrogens with zero attached hydrogens (tertiary/aromatic N) is 1. The third-order valence-corrected chi connectivity index (χ3v) is 5.28. The standard InChI is InChI=1S/C17H23F2NO/c18-14-6-5-7-15(19)13(14)12-16(21)17(8-1-2-9-17)20-10-3-4-11-20/h5-7,16,21H,1-4,8-12H2. The van der Waals surface area contributed by atoms with Crippen LogP contribution in [-0.2, 0) is 6.42 Å². The Kier molecular flexibility index (Phi) is 4.27. The second kappa shape index (κ2) is 6.01. The predicted molar refractivity (Wildman–Crippen MR) is 78.1 cm³/mol. The van der Waals surface area contributed by atoms with Gasteiger partial charge >= 0.3 is 0 Å². The molecule has 0 radical (unpaired) electrons. The van der Waals surface area contributed by atoms with E-state index in [0.29, 0.717) is 0 Å². The van der Waals surface area contributed by atoms with Crippen LogP contribution in [0.5, 0.6) is 0 Å². The molecule has 116 valence electrons. The van der Waals surface area contributed by atoms with Crippen LogP contribution in [0.2, 0.25) is 0 Å². The molecule has 0 aromatic heterocycles. The fourth-order valence-electron chi connectivity index (χ4n) is 4.12. The molecule has 1 N–H and O–H groups in total. The molecular weight excluding hydrogens is 272 g/mol. The van der Waals surface area contributed by atoms with Gasteiger partial charge in [-0.3, -0.25) is 4.90 Å². The largest absolute Gasteiger partial charge is 0.391 e. The molecule has 0 bridgehead atoms. The quantitative estimate of drug-likeness (QED) is 0.921. The van der Waals surface area contributed by atoms with Gasteiger partial charge in [0.2, 0.25) is 0 Å². The number of benzene rings is 1. The fourth-order valence-corrected chi connectivity index (χ4v) is 4.12. The van der Waals surface area contributed by atoms with E-state index >= 15 is 0 Å². The minimum Gasteiger partial charge on any atom is -0.391 e. The van der Waals surface area contributed by atoms with E-state index in [9.17, 15) is 13.9 Å². The summed E-state index contributed by atoms with van der Waals surface area (Å²) >= 11 is 0. The van der Waals surface area contributed by atoms with Crippen LogP contribution in [-0.4, -0.2) is 34.7 Å². The van der Waals surface area contributed by atoms with Crippen molar-refractivity contribution < 1.29 is 13.9 Å². The number of likely N-dealkylation sites (tertiary alicyclic amines) is 1. The normalized spacial score (nSPS) is 23.6. The molecule has 1 saturated heterocycles. The van der Waals surface area contributed by atoms with Crippen molar-refractivity contribution in [3.63, 3.8) is 0 Å². The molecule has 21 heavy (non-hydrogen) atoms. The molecular formula is C17H23F2NO. The van der Waals surface area contributed by atoms with E-state index in [1.54, 1.807) is 0 Å². The number of hydrogen-bond acceptors (Lipinski definition) is 2. The van der Waals surface area contributed by atoms with Gasteiger partial charge < -0.3 is 5.11 Å². The van der Waals surface area contributed by atoms with Gasteiger partial charge in [-0.15, -0.1) is 0 Å². The van der Waals surface area contributed by atoms with E-state index in [-0.39, 0.29) is 17.5 Å². The Morgan fingerprint density at radius 2 is 1.62 bits per heavy atom. The Morgan fingerprint density at radius 1 is 1.05 bits per heavy atom. The van der Waals surface area contributed by atoms with E-state index in [2.05, 4.69) is 4.90 Å². The monoisotopic (exact) mass is 295 g/mol. The summed E-state index contributed by atoms with van der Waals surface area (Å²) < 4.78 is 27.7. The van der Waals surface area contributed by atoms with Gasteiger partial charge in [0.15, 0.2) is 0 Å². The highest BCUT2D eigenvalue weighted by molar-refractivity contribution is 5.22. The molecule has 2 nitrogen and oxygen atoms in total. The Balaban J connectivity index is 1.83. The molecule has 0 amide bonds. The average Bonchev–Trinajstić information content (AvgIpc) is 3.13. The zero-order valence-electron chi connectivity index (χ0n) is 12.3. The van der Waals surface area contributed by atoms with E-state index in [1.165, 1.54) is 18.2 Å². The number of aliphatic hydroxyl groups excluding tert-OH is 1. The molecule has 2 aliphatic rings. The van der Waals surface area contributed by atoms with Crippen LogP contribution < -0.4 is 0 Å². The van der Waals surface area contributed by atoms with E-state index < -0.39 is 17.7 Å². The molecule has 1 aliphatic heterocycles. The molecule has 1 unspecified atom stereocenters. The topological polar surface area (TPSA) is 23.5 Å². The van der Waals surface area contributed by atoms with Gasteiger partial charge in [-0.05, 0) is 50.9 Å². The molecule has 2 fully saturated rings. The highest BCUT2D eigenvalue weighted by Crippen LogP contribution is 2.41. The van der Waals surface area contributed by atoms with E-state index in [1.807, 2.05) is 0 Å². The molecule has 1 aliphatic carbocycles. The fraction of sp³-hybridized carbons (Fsp3) is 0.647. The summed E-state index contributed by atoms with van der Waals surface area (Å²) in [5.74, 6) is -1.10. The summed E-state index contributed by atoms with van der Waals surface area (Å²) in [5, 5.41) is 10.8. The zero-order valence-corrected chi connectivity index (χ0v) is 12.3. The van der Waals surface area contributed by atoms with Gasteiger partial charge in [0.25, 0.3) is 0 Å². The first-order chi connectivity index (χ1) is 10.1. The lowest BCUT2D eigenvalue weighted by Gasteiger charge is -2.42. The first-order valence-electron chi connectivity index (χ1n) is 7.99. The summed E-state index contributed by atoms with van der Waals surface area (Å²) in [4.78, 5) is 2.36. The van der Waals surface area contributed by atoms with Gasteiger partial charge in [0.1, 0.15) is 11.6 Å². The number of hydrogen-bond donors (Lipinski definition) is 1. The Bertz CT molecular complexity index is 473. The summed E-state index contributed by atoms with van der Waals surface area (Å²) in [6.07, 6.45) is 5.72. The zero-order chi connectivity index (χ0) is 14.9. The lowest BCUT2D eigenvalue weighted by molar-refractivity contribution is -0.0179. The molecule has 1 aromatic rings. The average molecular weight is 295 g/mol. The van der Waals surface area contributed by atoms with Crippen molar-refractivity contribution >= 4 is 0 Å². The van der Waals surface area contributed by atoms with Crippen molar-refractivity contribution in [2.45, 2.75) is 56.6 Å². The predicted octanol–water partition coefficient (Wildman–Crippen LogP) is 3.28. The summed E-state index contributed by atoms with van der Waals surface area (Å²) in [7, 11) is 0. The van der Waals surface area contributed by atoms with Crippen LogP contribution in [0.1, 0.15) is 44.1 Å². The minimum atomic E-state index is -0.704. The number of halogens is 2. The third-order valence-electron chi connectivity index (χ3n) is 5.28. The molecule has 1 saturated carbocycles. The maximum atomic E-state index is 13.8. The van der Waals surface area contributed by atoms with Gasteiger partial charge in [0.05, 0.1) is 6.10 Å². The van der Waals surface area contributed by atoms with Crippen LogP contribution >= 0.6 is 0 Å². The van der Waals surface area contributed by atoms with E-state index in [0.717, 1.165) is 51.6 Å². The second-order valence-electron chi connectivity index (χ2n) is 6.42. The highest BCUT2D eigenvalue weighted by Gasteiger charge is 2.46. The maximum absolute atomic E-state index is 13.8. The number of aliphatic hydroxyl groups is 1. The van der Waals surface area contributed by atoms with Crippen LogP contribution in [0.25, 0.3) is 0 Å². The van der Waals surface area contributed by atoms with Crippen LogP contribution in [0.3, 0.4) is 0 Å². The SMILES string of the molecule is OC(Cc1c(F)cccc1F)C1(N2CCCC2)CCCC1. The Hall–Kier alpha value is -1.00.